The molecule has 0 saturated heterocycles. The summed E-state index contributed by atoms with van der Waals surface area (Å²) in [6.07, 6.45) is 0. The van der Waals surface area contributed by atoms with Crippen LogP contribution in [0.25, 0.3) is 0 Å². The van der Waals surface area contributed by atoms with E-state index in [1.807, 2.05) is 68.4 Å². The average molecular weight is 475 g/mol. The lowest BCUT2D eigenvalue weighted by Gasteiger charge is -2.17. The molecule has 33 heavy (non-hydrogen) atoms. The second-order valence-corrected chi connectivity index (χ2v) is 10.3. The minimum absolute atomic E-state index is 0.0839. The molecule has 0 unspecified atom stereocenters. The van der Waals surface area contributed by atoms with E-state index in [1.165, 1.54) is 23.1 Å². The highest BCUT2D eigenvalue weighted by Crippen LogP contribution is 2.39. The SMILES string of the molecule is Cc1ccc(C)c(NC(=O)[C@H](Sc2nnc(Nc3c(C)cccc3C)s2)c2ccccc2)c1. The lowest BCUT2D eigenvalue weighted by atomic mass is 10.1. The highest BCUT2D eigenvalue weighted by molar-refractivity contribution is 8.02. The van der Waals surface area contributed by atoms with Crippen LogP contribution in [0.4, 0.5) is 16.5 Å². The molecule has 5 nitrogen and oxygen atoms in total. The summed E-state index contributed by atoms with van der Waals surface area (Å²) in [7, 11) is 0. The number of amides is 1. The van der Waals surface area contributed by atoms with Crippen molar-refractivity contribution in [1.29, 1.82) is 0 Å². The van der Waals surface area contributed by atoms with Gasteiger partial charge in [0.2, 0.25) is 11.0 Å². The van der Waals surface area contributed by atoms with Gasteiger partial charge in [-0.2, -0.15) is 0 Å². The quantitative estimate of drug-likeness (QED) is 0.283. The second kappa shape index (κ2) is 10.2. The number of para-hydroxylation sites is 1. The van der Waals surface area contributed by atoms with Crippen LogP contribution in [0.15, 0.2) is 71.1 Å². The van der Waals surface area contributed by atoms with E-state index in [1.54, 1.807) is 0 Å². The lowest BCUT2D eigenvalue weighted by Crippen LogP contribution is -2.19. The highest BCUT2D eigenvalue weighted by Gasteiger charge is 2.24. The van der Waals surface area contributed by atoms with E-state index in [0.29, 0.717) is 5.13 Å². The zero-order chi connectivity index (χ0) is 23.4. The van der Waals surface area contributed by atoms with E-state index in [0.717, 1.165) is 43.5 Å². The summed E-state index contributed by atoms with van der Waals surface area (Å²) in [5.74, 6) is -0.0839. The Bertz CT molecular complexity index is 1250. The van der Waals surface area contributed by atoms with Gasteiger partial charge in [-0.25, -0.2) is 0 Å². The van der Waals surface area contributed by atoms with Gasteiger partial charge in [0.15, 0.2) is 4.34 Å². The average Bonchev–Trinajstić information content (AvgIpc) is 3.25. The summed E-state index contributed by atoms with van der Waals surface area (Å²) < 4.78 is 0.730. The molecule has 0 aliphatic rings. The topological polar surface area (TPSA) is 66.9 Å². The van der Waals surface area contributed by atoms with Gasteiger partial charge >= 0.3 is 0 Å². The number of benzene rings is 3. The molecular weight excluding hydrogens is 448 g/mol. The highest BCUT2D eigenvalue weighted by atomic mass is 32.2. The van der Waals surface area contributed by atoms with Crippen molar-refractivity contribution in [3.8, 4) is 0 Å². The number of nitrogens with zero attached hydrogens (tertiary/aromatic N) is 2. The molecule has 4 aromatic rings. The van der Waals surface area contributed by atoms with Crippen LogP contribution in [0.1, 0.15) is 33.1 Å². The van der Waals surface area contributed by atoms with E-state index >= 15 is 0 Å². The third kappa shape index (κ3) is 5.61. The maximum absolute atomic E-state index is 13.4. The van der Waals surface area contributed by atoms with Gasteiger partial charge in [0.25, 0.3) is 0 Å². The second-order valence-electron chi connectivity index (χ2n) is 7.98. The molecule has 0 saturated carbocycles. The number of hydrogen-bond acceptors (Lipinski definition) is 6. The Labute approximate surface area is 202 Å². The van der Waals surface area contributed by atoms with Crippen molar-refractivity contribution in [2.24, 2.45) is 0 Å². The van der Waals surface area contributed by atoms with E-state index < -0.39 is 5.25 Å². The Kier molecular flexibility index (Phi) is 7.11. The van der Waals surface area contributed by atoms with Gasteiger partial charge in [-0.15, -0.1) is 10.2 Å². The first kappa shape index (κ1) is 23.0. The Balaban J connectivity index is 1.57. The summed E-state index contributed by atoms with van der Waals surface area (Å²) in [4.78, 5) is 13.4. The fourth-order valence-electron chi connectivity index (χ4n) is 3.50. The molecule has 0 radical (unpaired) electrons. The number of rotatable bonds is 7. The maximum Gasteiger partial charge on any atom is 0.242 e. The third-order valence-corrected chi connectivity index (χ3v) is 7.51. The number of thioether (sulfide) groups is 1. The van der Waals surface area contributed by atoms with Crippen molar-refractivity contribution in [1.82, 2.24) is 10.2 Å². The molecule has 0 aliphatic carbocycles. The third-order valence-electron chi connectivity index (χ3n) is 5.33. The first-order valence-corrected chi connectivity index (χ1v) is 12.4. The van der Waals surface area contributed by atoms with E-state index in [-0.39, 0.29) is 5.91 Å². The zero-order valence-electron chi connectivity index (χ0n) is 19.0. The summed E-state index contributed by atoms with van der Waals surface area (Å²) in [5, 5.41) is 15.4. The van der Waals surface area contributed by atoms with Gasteiger partial charge in [0.05, 0.1) is 0 Å². The molecule has 3 aromatic carbocycles. The number of aryl methyl sites for hydroxylation is 4. The lowest BCUT2D eigenvalue weighted by molar-refractivity contribution is -0.115. The normalized spacial score (nSPS) is 11.8. The minimum Gasteiger partial charge on any atom is -0.330 e. The van der Waals surface area contributed by atoms with Crippen LogP contribution in [0.2, 0.25) is 0 Å². The Hall–Kier alpha value is -3.16. The van der Waals surface area contributed by atoms with Crippen LogP contribution in [-0.4, -0.2) is 16.1 Å². The number of carbonyl (C=O) groups excluding carboxylic acids is 1. The summed E-state index contributed by atoms with van der Waals surface area (Å²) in [5.41, 5.74) is 7.22. The molecule has 168 valence electrons. The molecule has 0 fully saturated rings. The van der Waals surface area contributed by atoms with Crippen molar-refractivity contribution < 1.29 is 4.79 Å². The van der Waals surface area contributed by atoms with Crippen molar-refractivity contribution in [3.05, 3.63) is 94.5 Å². The standard InChI is InChI=1S/C26H26N4OS2/c1-16-13-14-17(2)21(15-16)27-24(31)23(20-11-6-5-7-12-20)32-26-30-29-25(33-26)28-22-18(3)9-8-10-19(22)4/h5-15,23H,1-4H3,(H,27,31)(H,28,29)/t23-/m1/s1. The van der Waals surface area contributed by atoms with E-state index in [4.69, 9.17) is 0 Å². The van der Waals surface area contributed by atoms with Crippen LogP contribution in [0.5, 0.6) is 0 Å². The van der Waals surface area contributed by atoms with Gasteiger partial charge < -0.3 is 10.6 Å². The smallest absolute Gasteiger partial charge is 0.242 e. The number of nitrogens with one attached hydrogen (secondary N) is 2. The molecular formula is C26H26N4OS2. The fraction of sp³-hybridized carbons (Fsp3) is 0.192. The predicted molar refractivity (Wildman–Crippen MR) is 139 cm³/mol. The van der Waals surface area contributed by atoms with Crippen LogP contribution in [0.3, 0.4) is 0 Å². The molecule has 1 heterocycles. The molecule has 1 aromatic heterocycles. The molecule has 0 bridgehead atoms. The van der Waals surface area contributed by atoms with Gasteiger partial charge in [0.1, 0.15) is 5.25 Å². The summed E-state index contributed by atoms with van der Waals surface area (Å²) in [6, 6.07) is 22.0. The zero-order valence-corrected chi connectivity index (χ0v) is 20.7. The molecule has 7 heteroatoms. The predicted octanol–water partition coefficient (Wildman–Crippen LogP) is 6.99. The van der Waals surface area contributed by atoms with Crippen molar-refractivity contribution >= 4 is 45.5 Å². The summed E-state index contributed by atoms with van der Waals surface area (Å²) in [6.45, 7) is 8.14. The number of hydrogen-bond donors (Lipinski definition) is 2. The molecule has 4 rings (SSSR count). The van der Waals surface area contributed by atoms with Crippen LogP contribution in [-0.2, 0) is 4.79 Å². The number of anilines is 3. The van der Waals surface area contributed by atoms with Crippen molar-refractivity contribution in [2.45, 2.75) is 37.3 Å². The van der Waals surface area contributed by atoms with Gasteiger partial charge in [-0.1, -0.05) is 83.8 Å². The molecule has 2 N–H and O–H groups in total. The molecule has 1 atom stereocenters. The fourth-order valence-corrected chi connectivity index (χ4v) is 5.45. The van der Waals surface area contributed by atoms with Gasteiger partial charge in [0, 0.05) is 11.4 Å². The monoisotopic (exact) mass is 474 g/mol. The van der Waals surface area contributed by atoms with Crippen molar-refractivity contribution in [2.75, 3.05) is 10.6 Å². The van der Waals surface area contributed by atoms with Crippen molar-refractivity contribution in [3.63, 3.8) is 0 Å². The Morgan fingerprint density at radius 1 is 0.879 bits per heavy atom. The molecule has 0 aliphatic heterocycles. The molecule has 0 spiro atoms. The number of carbonyl (C=O) groups is 1. The van der Waals surface area contributed by atoms with E-state index in [9.17, 15) is 4.79 Å². The Morgan fingerprint density at radius 2 is 1.61 bits per heavy atom. The summed E-state index contributed by atoms with van der Waals surface area (Å²) >= 11 is 2.86. The van der Waals surface area contributed by atoms with Crippen LogP contribution >= 0.6 is 23.1 Å². The maximum atomic E-state index is 13.4. The first-order chi connectivity index (χ1) is 15.9. The van der Waals surface area contributed by atoms with Gasteiger partial charge in [-0.3, -0.25) is 4.79 Å². The van der Waals surface area contributed by atoms with Crippen LogP contribution < -0.4 is 10.6 Å². The Morgan fingerprint density at radius 3 is 2.33 bits per heavy atom. The number of aromatic nitrogens is 2. The minimum atomic E-state index is -0.452. The first-order valence-electron chi connectivity index (χ1n) is 10.7. The van der Waals surface area contributed by atoms with E-state index in [2.05, 4.69) is 46.8 Å². The van der Waals surface area contributed by atoms with Crippen LogP contribution in [0, 0.1) is 27.7 Å². The largest absolute Gasteiger partial charge is 0.330 e. The molecule has 1 amide bonds. The van der Waals surface area contributed by atoms with Gasteiger partial charge in [-0.05, 0) is 61.6 Å².